The van der Waals surface area contributed by atoms with E-state index >= 15 is 0 Å². The van der Waals surface area contributed by atoms with Crippen molar-refractivity contribution in [2.45, 2.75) is 24.9 Å². The Balaban J connectivity index is 1.70. The number of nitrogens with one attached hydrogen (secondary N) is 2. The van der Waals surface area contributed by atoms with Crippen LogP contribution in [0.5, 0.6) is 0 Å². The second kappa shape index (κ2) is 6.87. The van der Waals surface area contributed by atoms with Gasteiger partial charge in [-0.05, 0) is 17.7 Å². The molecule has 0 bridgehead atoms. The maximum Gasteiger partial charge on any atom is 0.127 e. The molecule has 1 fully saturated rings. The fourth-order valence-electron chi connectivity index (χ4n) is 3.34. The summed E-state index contributed by atoms with van der Waals surface area (Å²) in [5.41, 5.74) is 2.78. The lowest BCUT2D eigenvalue weighted by molar-refractivity contribution is 0.0778. The van der Waals surface area contributed by atoms with Gasteiger partial charge in [-0.15, -0.1) is 0 Å². The van der Waals surface area contributed by atoms with Gasteiger partial charge < -0.3 is 15.4 Å². The van der Waals surface area contributed by atoms with Crippen molar-refractivity contribution in [3.05, 3.63) is 58.1 Å². The second-order valence-corrected chi connectivity index (χ2v) is 7.22. The van der Waals surface area contributed by atoms with E-state index in [1.165, 1.54) is 5.56 Å². The number of hydrogen-bond acceptors (Lipinski definition) is 3. The molecule has 25 heavy (non-hydrogen) atoms. The molecule has 130 valence electrons. The minimum absolute atomic E-state index is 0.253. The largest absolute Gasteiger partial charge is 0.381 e. The molecule has 2 aliphatic heterocycles. The molecule has 6 heteroatoms. The molecule has 0 atom stereocenters. The highest BCUT2D eigenvalue weighted by molar-refractivity contribution is 6.42. The van der Waals surface area contributed by atoms with E-state index in [-0.39, 0.29) is 5.54 Å². The summed E-state index contributed by atoms with van der Waals surface area (Å²) in [4.78, 5) is 4.89. The fraction of sp³-hybridized carbons (Fsp3) is 0.316. The van der Waals surface area contributed by atoms with Gasteiger partial charge in [-0.1, -0.05) is 53.5 Å². The van der Waals surface area contributed by atoms with E-state index in [0.29, 0.717) is 29.8 Å². The van der Waals surface area contributed by atoms with Crippen LogP contribution in [-0.2, 0) is 11.3 Å². The number of rotatable bonds is 2. The van der Waals surface area contributed by atoms with Gasteiger partial charge in [0.25, 0.3) is 0 Å². The van der Waals surface area contributed by atoms with Gasteiger partial charge in [-0.2, -0.15) is 0 Å². The molecule has 0 unspecified atom stereocenters. The van der Waals surface area contributed by atoms with Crippen molar-refractivity contribution in [2.75, 3.05) is 23.8 Å². The van der Waals surface area contributed by atoms with Crippen molar-refractivity contribution < 1.29 is 4.74 Å². The normalized spacial score (nSPS) is 20.0. The Bertz CT molecular complexity index is 802. The van der Waals surface area contributed by atoms with Gasteiger partial charge in [0, 0.05) is 26.1 Å². The predicted octanol–water partition coefficient (Wildman–Crippen LogP) is 4.98. The van der Waals surface area contributed by atoms with Gasteiger partial charge in [0.05, 0.1) is 33.5 Å². The van der Waals surface area contributed by atoms with Crippen LogP contribution in [0.2, 0.25) is 10.0 Å². The molecule has 0 aromatic heterocycles. The smallest absolute Gasteiger partial charge is 0.127 e. The molecule has 0 aliphatic carbocycles. The van der Waals surface area contributed by atoms with Crippen LogP contribution in [0, 0.1) is 0 Å². The van der Waals surface area contributed by atoms with Crippen molar-refractivity contribution in [1.82, 2.24) is 0 Å². The first-order valence-electron chi connectivity index (χ1n) is 8.37. The van der Waals surface area contributed by atoms with Crippen LogP contribution in [0.4, 0.5) is 11.4 Å². The van der Waals surface area contributed by atoms with Gasteiger partial charge in [0.1, 0.15) is 5.84 Å². The molecule has 2 aliphatic rings. The van der Waals surface area contributed by atoms with E-state index in [0.717, 1.165) is 30.1 Å². The molecule has 2 aromatic rings. The number of hydrogen-bond donors (Lipinski definition) is 2. The highest BCUT2D eigenvalue weighted by Gasteiger charge is 2.41. The van der Waals surface area contributed by atoms with Crippen molar-refractivity contribution in [1.29, 1.82) is 0 Å². The molecule has 2 N–H and O–H groups in total. The first-order valence-corrected chi connectivity index (χ1v) is 9.13. The zero-order valence-corrected chi connectivity index (χ0v) is 15.2. The molecule has 0 saturated carbocycles. The number of benzene rings is 2. The Morgan fingerprint density at radius 3 is 2.40 bits per heavy atom. The summed E-state index contributed by atoms with van der Waals surface area (Å²) < 4.78 is 5.57. The van der Waals surface area contributed by atoms with Crippen LogP contribution in [0.3, 0.4) is 0 Å². The van der Waals surface area contributed by atoms with E-state index in [4.69, 9.17) is 32.9 Å². The SMILES string of the molecule is Clc1cc2c(cc1Cl)NC1(CCOCC1)C(=NCc1ccccc1)N2. The lowest BCUT2D eigenvalue weighted by atomic mass is 9.86. The zero-order chi connectivity index (χ0) is 17.3. The molecule has 0 radical (unpaired) electrons. The van der Waals surface area contributed by atoms with Crippen molar-refractivity contribution >= 4 is 40.4 Å². The molecule has 4 rings (SSSR count). The summed E-state index contributed by atoms with van der Waals surface area (Å²) in [5, 5.41) is 8.21. The topological polar surface area (TPSA) is 45.6 Å². The van der Waals surface area contributed by atoms with E-state index in [9.17, 15) is 0 Å². The van der Waals surface area contributed by atoms with Crippen LogP contribution in [0.15, 0.2) is 47.5 Å². The van der Waals surface area contributed by atoms with Crippen LogP contribution in [0.25, 0.3) is 0 Å². The van der Waals surface area contributed by atoms with Gasteiger partial charge >= 0.3 is 0 Å². The lowest BCUT2D eigenvalue weighted by Gasteiger charge is -2.43. The van der Waals surface area contributed by atoms with E-state index in [2.05, 4.69) is 22.8 Å². The Kier molecular flexibility index (Phi) is 4.59. The Labute approximate surface area is 157 Å². The minimum atomic E-state index is -0.253. The summed E-state index contributed by atoms with van der Waals surface area (Å²) in [5.74, 6) is 0.936. The summed E-state index contributed by atoms with van der Waals surface area (Å²) in [6, 6.07) is 14.0. The van der Waals surface area contributed by atoms with Gasteiger partial charge in [0.2, 0.25) is 0 Å². The summed E-state index contributed by atoms with van der Waals surface area (Å²) in [6.07, 6.45) is 1.71. The number of nitrogens with zero attached hydrogens (tertiary/aromatic N) is 1. The molecule has 1 saturated heterocycles. The number of aliphatic imine (C=N–C) groups is 1. The number of halogens is 2. The van der Waals surface area contributed by atoms with Crippen molar-refractivity contribution in [3.8, 4) is 0 Å². The summed E-state index contributed by atoms with van der Waals surface area (Å²) in [6.45, 7) is 2.04. The third-order valence-electron chi connectivity index (χ3n) is 4.75. The van der Waals surface area contributed by atoms with Gasteiger partial charge in [0.15, 0.2) is 0 Å². The van der Waals surface area contributed by atoms with Crippen LogP contribution in [-0.4, -0.2) is 24.6 Å². The molecule has 2 aromatic carbocycles. The monoisotopic (exact) mass is 375 g/mol. The van der Waals surface area contributed by atoms with E-state index in [1.807, 2.05) is 30.3 Å². The van der Waals surface area contributed by atoms with Crippen LogP contribution >= 0.6 is 23.2 Å². The summed E-state index contributed by atoms with van der Waals surface area (Å²) >= 11 is 12.4. The molecule has 0 amide bonds. The van der Waals surface area contributed by atoms with Crippen molar-refractivity contribution in [3.63, 3.8) is 0 Å². The second-order valence-electron chi connectivity index (χ2n) is 6.41. The summed E-state index contributed by atoms with van der Waals surface area (Å²) in [7, 11) is 0. The highest BCUT2D eigenvalue weighted by atomic mass is 35.5. The highest BCUT2D eigenvalue weighted by Crippen LogP contribution is 2.40. The van der Waals surface area contributed by atoms with Crippen LogP contribution < -0.4 is 10.6 Å². The molecular formula is C19H19Cl2N3O. The maximum absolute atomic E-state index is 6.20. The first kappa shape index (κ1) is 16.7. The maximum atomic E-state index is 6.20. The van der Waals surface area contributed by atoms with Crippen molar-refractivity contribution in [2.24, 2.45) is 4.99 Å². The number of ether oxygens (including phenoxy) is 1. The number of fused-ring (bicyclic) bond motifs is 1. The first-order chi connectivity index (χ1) is 12.2. The number of anilines is 2. The minimum Gasteiger partial charge on any atom is -0.381 e. The average molecular weight is 376 g/mol. The third kappa shape index (κ3) is 3.34. The standard InChI is InChI=1S/C19H19Cl2N3O/c20-14-10-16-17(11-15(14)21)24-19(6-8-25-9-7-19)18(23-16)22-12-13-4-2-1-3-5-13/h1-5,10-11,24H,6-9,12H2,(H,22,23). The average Bonchev–Trinajstić information content (AvgIpc) is 2.63. The molecule has 2 heterocycles. The molecule has 1 spiro atoms. The zero-order valence-electron chi connectivity index (χ0n) is 13.7. The van der Waals surface area contributed by atoms with Gasteiger partial charge in [-0.3, -0.25) is 4.99 Å². The third-order valence-corrected chi connectivity index (χ3v) is 5.47. The Morgan fingerprint density at radius 2 is 1.68 bits per heavy atom. The quantitative estimate of drug-likeness (QED) is 0.777. The van der Waals surface area contributed by atoms with Gasteiger partial charge in [-0.25, -0.2) is 0 Å². The predicted molar refractivity (Wildman–Crippen MR) is 104 cm³/mol. The lowest BCUT2D eigenvalue weighted by Crippen LogP contribution is -2.55. The van der Waals surface area contributed by atoms with Crippen LogP contribution in [0.1, 0.15) is 18.4 Å². The molecule has 4 nitrogen and oxygen atoms in total. The molecular weight excluding hydrogens is 357 g/mol. The van der Waals surface area contributed by atoms with E-state index in [1.54, 1.807) is 0 Å². The number of amidine groups is 1. The van der Waals surface area contributed by atoms with E-state index < -0.39 is 0 Å². The fourth-order valence-corrected chi connectivity index (χ4v) is 3.67. The Morgan fingerprint density at radius 1 is 1.00 bits per heavy atom. The Hall–Kier alpha value is -1.75.